The zero-order valence-corrected chi connectivity index (χ0v) is 15.2. The highest BCUT2D eigenvalue weighted by atomic mass is 16.6. The van der Waals surface area contributed by atoms with Gasteiger partial charge in [0.05, 0.1) is 6.54 Å². The fourth-order valence-electron chi connectivity index (χ4n) is 3.99. The first-order valence-electron chi connectivity index (χ1n) is 9.09. The van der Waals surface area contributed by atoms with Crippen LogP contribution in [0.4, 0.5) is 4.79 Å². The van der Waals surface area contributed by atoms with Gasteiger partial charge in [-0.25, -0.2) is 4.79 Å². The molecule has 0 bridgehead atoms. The Hall–Kier alpha value is -2.86. The topological polar surface area (TPSA) is 70.1 Å². The second-order valence-corrected chi connectivity index (χ2v) is 7.08. The number of hydrogen-bond donors (Lipinski definition) is 1. The van der Waals surface area contributed by atoms with Gasteiger partial charge in [-0.1, -0.05) is 48.5 Å². The summed E-state index contributed by atoms with van der Waals surface area (Å²) in [6.07, 6.45) is -0.448. The van der Waals surface area contributed by atoms with E-state index in [1.165, 1.54) is 16.0 Å². The second kappa shape index (κ2) is 7.04. The minimum absolute atomic E-state index is 0.00378. The van der Waals surface area contributed by atoms with Gasteiger partial charge in [0, 0.05) is 19.0 Å². The molecule has 6 nitrogen and oxygen atoms in total. The highest BCUT2D eigenvalue weighted by Gasteiger charge is 2.34. The zero-order valence-electron chi connectivity index (χ0n) is 15.2. The van der Waals surface area contributed by atoms with Crippen molar-refractivity contribution in [3.8, 4) is 11.1 Å². The standard InChI is InChI=1S/C21H22N2O4/c1-22-10-11-23(12-19(22)20(24)25)21(26)27-13-18-16-8-4-2-6-14(16)15-7-3-5-9-17(15)18/h2-9,18-19H,10-13H2,1H3,(H,24,25). The predicted octanol–water partition coefficient (Wildman–Crippen LogP) is 2.64. The van der Waals surface area contributed by atoms with Crippen molar-refractivity contribution in [3.63, 3.8) is 0 Å². The van der Waals surface area contributed by atoms with E-state index in [9.17, 15) is 14.7 Å². The average molecular weight is 366 g/mol. The van der Waals surface area contributed by atoms with Crippen molar-refractivity contribution in [2.45, 2.75) is 12.0 Å². The molecular formula is C21H22N2O4. The third kappa shape index (κ3) is 3.17. The Morgan fingerprint density at radius 2 is 1.63 bits per heavy atom. The van der Waals surface area contributed by atoms with Gasteiger partial charge in [-0.2, -0.15) is 0 Å². The molecule has 0 saturated carbocycles. The molecule has 4 rings (SSSR count). The van der Waals surface area contributed by atoms with E-state index in [4.69, 9.17) is 4.74 Å². The number of aliphatic carboxylic acids is 1. The molecule has 1 aliphatic carbocycles. The van der Waals surface area contributed by atoms with Crippen molar-refractivity contribution < 1.29 is 19.4 Å². The van der Waals surface area contributed by atoms with Gasteiger partial charge in [-0.3, -0.25) is 9.69 Å². The molecule has 2 aromatic rings. The predicted molar refractivity (Wildman–Crippen MR) is 101 cm³/mol. The third-order valence-electron chi connectivity index (χ3n) is 5.53. The highest BCUT2D eigenvalue weighted by Crippen LogP contribution is 2.44. The minimum atomic E-state index is -0.923. The molecule has 2 aromatic carbocycles. The Kier molecular flexibility index (Phi) is 4.58. The van der Waals surface area contributed by atoms with Crippen molar-refractivity contribution in [2.24, 2.45) is 0 Å². The Bertz CT molecular complexity index is 836. The lowest BCUT2D eigenvalue weighted by molar-refractivity contribution is -0.144. The van der Waals surface area contributed by atoms with Gasteiger partial charge in [-0.05, 0) is 29.3 Å². The maximum Gasteiger partial charge on any atom is 0.409 e. The molecule has 1 N–H and O–H groups in total. The van der Waals surface area contributed by atoms with Gasteiger partial charge in [0.1, 0.15) is 12.6 Å². The molecule has 6 heteroatoms. The van der Waals surface area contributed by atoms with Crippen molar-refractivity contribution in [2.75, 3.05) is 33.3 Å². The number of carbonyl (C=O) groups is 2. The number of likely N-dealkylation sites (N-methyl/N-ethyl adjacent to an activating group) is 1. The minimum Gasteiger partial charge on any atom is -0.480 e. The Morgan fingerprint density at radius 1 is 1.04 bits per heavy atom. The molecule has 0 spiro atoms. The SMILES string of the molecule is CN1CCN(C(=O)OCC2c3ccccc3-c3ccccc32)CC1C(=O)O. The highest BCUT2D eigenvalue weighted by molar-refractivity contribution is 5.79. The van der Waals surface area contributed by atoms with E-state index in [0.29, 0.717) is 13.1 Å². The fraction of sp³-hybridized carbons (Fsp3) is 0.333. The van der Waals surface area contributed by atoms with E-state index in [2.05, 4.69) is 24.3 Å². The molecule has 1 unspecified atom stereocenters. The van der Waals surface area contributed by atoms with Gasteiger partial charge < -0.3 is 14.7 Å². The van der Waals surface area contributed by atoms with Crippen LogP contribution in [0, 0.1) is 0 Å². The van der Waals surface area contributed by atoms with Crippen LogP contribution in [0.2, 0.25) is 0 Å². The number of hydrogen-bond acceptors (Lipinski definition) is 4. The van der Waals surface area contributed by atoms with Crippen molar-refractivity contribution >= 4 is 12.1 Å². The number of fused-ring (bicyclic) bond motifs is 3. The molecule has 1 heterocycles. The summed E-state index contributed by atoms with van der Waals surface area (Å²) >= 11 is 0. The first-order valence-corrected chi connectivity index (χ1v) is 9.09. The van der Waals surface area contributed by atoms with Gasteiger partial charge in [0.15, 0.2) is 0 Å². The summed E-state index contributed by atoms with van der Waals surface area (Å²) in [7, 11) is 1.76. The van der Waals surface area contributed by atoms with E-state index in [1.807, 2.05) is 24.3 Å². The van der Waals surface area contributed by atoms with Gasteiger partial charge in [-0.15, -0.1) is 0 Å². The number of carboxylic acid groups (broad SMARTS) is 1. The fourth-order valence-corrected chi connectivity index (χ4v) is 3.99. The van der Waals surface area contributed by atoms with Crippen LogP contribution in [0.5, 0.6) is 0 Å². The van der Waals surface area contributed by atoms with Gasteiger partial charge in [0.25, 0.3) is 0 Å². The first kappa shape index (κ1) is 17.5. The van der Waals surface area contributed by atoms with Crippen LogP contribution < -0.4 is 0 Å². The Balaban J connectivity index is 1.47. The van der Waals surface area contributed by atoms with Crippen molar-refractivity contribution in [1.29, 1.82) is 0 Å². The average Bonchev–Trinajstić information content (AvgIpc) is 3.00. The molecule has 27 heavy (non-hydrogen) atoms. The number of benzene rings is 2. The van der Waals surface area contributed by atoms with Crippen molar-refractivity contribution in [3.05, 3.63) is 59.7 Å². The number of carbonyl (C=O) groups excluding carboxylic acids is 1. The van der Waals surface area contributed by atoms with Crippen LogP contribution in [-0.4, -0.2) is 66.3 Å². The van der Waals surface area contributed by atoms with Crippen LogP contribution in [0.25, 0.3) is 11.1 Å². The quantitative estimate of drug-likeness (QED) is 0.904. The largest absolute Gasteiger partial charge is 0.480 e. The third-order valence-corrected chi connectivity index (χ3v) is 5.53. The molecule has 1 amide bonds. The van der Waals surface area contributed by atoms with E-state index in [1.54, 1.807) is 11.9 Å². The van der Waals surface area contributed by atoms with E-state index in [-0.39, 0.29) is 19.1 Å². The summed E-state index contributed by atoms with van der Waals surface area (Å²) in [4.78, 5) is 27.1. The van der Waals surface area contributed by atoms with Crippen LogP contribution in [0.1, 0.15) is 17.0 Å². The monoisotopic (exact) mass is 366 g/mol. The van der Waals surface area contributed by atoms with Crippen LogP contribution in [0.3, 0.4) is 0 Å². The zero-order chi connectivity index (χ0) is 19.0. The first-order chi connectivity index (χ1) is 13.1. The molecule has 1 fully saturated rings. The molecular weight excluding hydrogens is 344 g/mol. The van der Waals surface area contributed by atoms with Crippen LogP contribution in [-0.2, 0) is 9.53 Å². The maximum absolute atomic E-state index is 12.5. The molecule has 2 aliphatic rings. The number of piperazine rings is 1. The number of rotatable bonds is 3. The van der Waals surface area contributed by atoms with E-state index in [0.717, 1.165) is 11.1 Å². The summed E-state index contributed by atoms with van der Waals surface area (Å²) < 4.78 is 5.62. The summed E-state index contributed by atoms with van der Waals surface area (Å²) in [5, 5.41) is 9.31. The molecule has 1 atom stereocenters. The van der Waals surface area contributed by atoms with Crippen LogP contribution in [0.15, 0.2) is 48.5 Å². The normalized spacial score (nSPS) is 19.4. The van der Waals surface area contributed by atoms with Gasteiger partial charge >= 0.3 is 12.1 Å². The molecule has 1 aliphatic heterocycles. The second-order valence-electron chi connectivity index (χ2n) is 7.08. The van der Waals surface area contributed by atoms with E-state index < -0.39 is 18.1 Å². The Labute approximate surface area is 158 Å². The molecule has 0 radical (unpaired) electrons. The summed E-state index contributed by atoms with van der Waals surface area (Å²) in [5.41, 5.74) is 4.68. The summed E-state index contributed by atoms with van der Waals surface area (Å²) in [6, 6.07) is 15.7. The lowest BCUT2D eigenvalue weighted by atomic mass is 9.98. The maximum atomic E-state index is 12.5. The van der Waals surface area contributed by atoms with E-state index >= 15 is 0 Å². The van der Waals surface area contributed by atoms with Crippen LogP contribution >= 0.6 is 0 Å². The van der Waals surface area contributed by atoms with Crippen molar-refractivity contribution in [1.82, 2.24) is 9.80 Å². The molecule has 140 valence electrons. The lowest BCUT2D eigenvalue weighted by Gasteiger charge is -2.36. The lowest BCUT2D eigenvalue weighted by Crippen LogP contribution is -2.56. The smallest absolute Gasteiger partial charge is 0.409 e. The Morgan fingerprint density at radius 3 is 2.22 bits per heavy atom. The number of amides is 1. The number of ether oxygens (including phenoxy) is 1. The number of carboxylic acids is 1. The summed E-state index contributed by atoms with van der Waals surface area (Å²) in [6.45, 7) is 1.37. The summed E-state index contributed by atoms with van der Waals surface area (Å²) in [5.74, 6) is -0.919. The molecule has 1 saturated heterocycles. The number of nitrogens with zero attached hydrogens (tertiary/aromatic N) is 2. The molecule has 0 aromatic heterocycles. The van der Waals surface area contributed by atoms with Gasteiger partial charge in [0.2, 0.25) is 0 Å².